The van der Waals surface area contributed by atoms with E-state index in [4.69, 9.17) is 0 Å². The van der Waals surface area contributed by atoms with E-state index in [9.17, 15) is 0 Å². The van der Waals surface area contributed by atoms with Gasteiger partial charge in [-0.3, -0.25) is 5.10 Å². The van der Waals surface area contributed by atoms with Gasteiger partial charge in [0.2, 0.25) is 0 Å². The Bertz CT molecular complexity index is 475. The molecule has 1 atom stereocenters. The number of fused-ring (bicyclic) bond motifs is 1. The average molecular weight is 211 g/mol. The molecule has 0 amide bonds. The third-order valence-corrected chi connectivity index (χ3v) is 2.83. The number of nitrogens with one attached hydrogen (secondary N) is 2. The lowest BCUT2D eigenvalue weighted by Crippen LogP contribution is -2.10. The predicted octanol–water partition coefficient (Wildman–Crippen LogP) is 2.46. The fraction of sp³-hybridized carbons (Fsp3) is 0.154. The van der Waals surface area contributed by atoms with Gasteiger partial charge in [-0.05, 0) is 30.2 Å². The Labute approximate surface area is 94.2 Å². The molecule has 0 bridgehead atoms. The van der Waals surface area contributed by atoms with Gasteiger partial charge in [-0.2, -0.15) is 5.10 Å². The van der Waals surface area contributed by atoms with Crippen LogP contribution >= 0.6 is 0 Å². The van der Waals surface area contributed by atoms with Crippen molar-refractivity contribution < 1.29 is 0 Å². The molecule has 16 heavy (non-hydrogen) atoms. The van der Waals surface area contributed by atoms with Crippen molar-refractivity contribution in [1.29, 1.82) is 0 Å². The summed E-state index contributed by atoms with van der Waals surface area (Å²) in [5, 5.41) is 10.3. The highest BCUT2D eigenvalue weighted by Gasteiger charge is 2.16. The van der Waals surface area contributed by atoms with Crippen molar-refractivity contribution in [3.05, 3.63) is 53.9 Å². The Hall–Kier alpha value is -2.03. The van der Waals surface area contributed by atoms with Crippen molar-refractivity contribution in [3.63, 3.8) is 0 Å². The lowest BCUT2D eigenvalue weighted by Gasteiger charge is -2.03. The van der Waals surface area contributed by atoms with Crippen molar-refractivity contribution >= 4 is 11.8 Å². The largest absolute Gasteiger partial charge is 0.378 e. The van der Waals surface area contributed by atoms with E-state index in [0.29, 0.717) is 6.04 Å². The summed E-state index contributed by atoms with van der Waals surface area (Å²) in [4.78, 5) is 0. The minimum atomic E-state index is 0.390. The molecular formula is C13H13N3. The number of H-pyrrole nitrogens is 1. The first-order chi connectivity index (χ1) is 7.92. The van der Waals surface area contributed by atoms with E-state index in [1.807, 2.05) is 6.07 Å². The smallest absolute Gasteiger partial charge is 0.0575 e. The Kier molecular flexibility index (Phi) is 2.22. The topological polar surface area (TPSA) is 40.7 Å². The molecule has 0 aliphatic carbocycles. The van der Waals surface area contributed by atoms with Crippen LogP contribution in [0, 0.1) is 0 Å². The summed E-state index contributed by atoms with van der Waals surface area (Å²) in [5.74, 6) is 0. The van der Waals surface area contributed by atoms with Crippen LogP contribution in [0.15, 0.2) is 42.6 Å². The molecule has 3 nitrogen and oxygen atoms in total. The van der Waals surface area contributed by atoms with Crippen LogP contribution in [-0.4, -0.2) is 16.2 Å². The fourth-order valence-corrected chi connectivity index (χ4v) is 2.02. The maximum absolute atomic E-state index is 3.91. The molecule has 1 aliphatic heterocycles. The van der Waals surface area contributed by atoms with Crippen LogP contribution in [0.4, 0.5) is 5.69 Å². The molecule has 1 aliphatic rings. The van der Waals surface area contributed by atoms with E-state index in [1.165, 1.54) is 11.3 Å². The molecule has 0 radical (unpaired) electrons. The lowest BCUT2D eigenvalue weighted by atomic mass is 10.1. The van der Waals surface area contributed by atoms with Crippen LogP contribution in [-0.2, 0) is 6.42 Å². The van der Waals surface area contributed by atoms with Crippen LogP contribution in [0.5, 0.6) is 0 Å². The number of nitrogens with zero attached hydrogens (tertiary/aromatic N) is 1. The Morgan fingerprint density at radius 1 is 1.25 bits per heavy atom. The zero-order valence-electron chi connectivity index (χ0n) is 8.85. The molecule has 80 valence electrons. The predicted molar refractivity (Wildman–Crippen MR) is 65.2 cm³/mol. The number of anilines is 1. The van der Waals surface area contributed by atoms with Crippen molar-refractivity contribution in [1.82, 2.24) is 10.2 Å². The summed E-state index contributed by atoms with van der Waals surface area (Å²) in [5.41, 5.74) is 3.68. The first-order valence-electron chi connectivity index (χ1n) is 5.44. The van der Waals surface area contributed by atoms with Crippen molar-refractivity contribution in [2.45, 2.75) is 12.5 Å². The molecule has 1 aromatic heterocycles. The second-order valence-electron chi connectivity index (χ2n) is 3.98. The zero-order valence-corrected chi connectivity index (χ0v) is 8.85. The Morgan fingerprint density at radius 2 is 2.19 bits per heavy atom. The molecule has 0 saturated heterocycles. The molecule has 0 fully saturated rings. The normalized spacial score (nSPS) is 18.6. The molecule has 3 rings (SSSR count). The number of aromatic amines is 1. The first-order valence-corrected chi connectivity index (χ1v) is 5.44. The highest BCUT2D eigenvalue weighted by molar-refractivity contribution is 5.59. The zero-order chi connectivity index (χ0) is 10.8. The number of benzene rings is 1. The van der Waals surface area contributed by atoms with Gasteiger partial charge < -0.3 is 5.32 Å². The molecule has 2 aromatic rings. The molecule has 0 spiro atoms. The second kappa shape index (κ2) is 3.85. The maximum atomic E-state index is 3.91. The second-order valence-corrected chi connectivity index (χ2v) is 3.98. The van der Waals surface area contributed by atoms with E-state index in [-0.39, 0.29) is 0 Å². The molecule has 1 aromatic carbocycles. The van der Waals surface area contributed by atoms with Crippen LogP contribution < -0.4 is 5.32 Å². The standard InChI is InChI=1S/C13H13N3/c1-2-4-13-10(3-1)9-12(15-13)6-5-11-7-8-14-16-11/h1-8,12,15H,9H2,(H,14,16). The minimum absolute atomic E-state index is 0.390. The quantitative estimate of drug-likeness (QED) is 0.801. The summed E-state index contributed by atoms with van der Waals surface area (Å²) >= 11 is 0. The molecule has 0 saturated carbocycles. The Morgan fingerprint density at radius 3 is 3.00 bits per heavy atom. The van der Waals surface area contributed by atoms with Gasteiger partial charge in [-0.25, -0.2) is 0 Å². The van der Waals surface area contributed by atoms with Gasteiger partial charge >= 0.3 is 0 Å². The van der Waals surface area contributed by atoms with Gasteiger partial charge in [0.25, 0.3) is 0 Å². The maximum Gasteiger partial charge on any atom is 0.0575 e. The number of rotatable bonds is 2. The van der Waals surface area contributed by atoms with Gasteiger partial charge in [-0.1, -0.05) is 24.3 Å². The molecule has 1 unspecified atom stereocenters. The van der Waals surface area contributed by atoms with E-state index in [0.717, 1.165) is 12.1 Å². The lowest BCUT2D eigenvalue weighted by molar-refractivity contribution is 0.927. The van der Waals surface area contributed by atoms with Gasteiger partial charge in [-0.15, -0.1) is 0 Å². The van der Waals surface area contributed by atoms with Gasteiger partial charge in [0.1, 0.15) is 0 Å². The first kappa shape index (κ1) is 9.21. The number of aromatic nitrogens is 2. The fourth-order valence-electron chi connectivity index (χ4n) is 2.02. The summed E-state index contributed by atoms with van der Waals surface area (Å²) in [6, 6.07) is 10.8. The van der Waals surface area contributed by atoms with E-state index < -0.39 is 0 Å². The van der Waals surface area contributed by atoms with E-state index >= 15 is 0 Å². The molecule has 2 heterocycles. The van der Waals surface area contributed by atoms with Crippen molar-refractivity contribution in [2.75, 3.05) is 5.32 Å². The van der Waals surface area contributed by atoms with Crippen LogP contribution in [0.1, 0.15) is 11.3 Å². The number of hydrogen-bond acceptors (Lipinski definition) is 2. The third kappa shape index (κ3) is 1.72. The summed E-state index contributed by atoms with van der Waals surface area (Å²) < 4.78 is 0. The van der Waals surface area contributed by atoms with Gasteiger partial charge in [0.15, 0.2) is 0 Å². The number of hydrogen-bond donors (Lipinski definition) is 2. The molecular weight excluding hydrogens is 198 g/mol. The molecule has 3 heteroatoms. The number of para-hydroxylation sites is 1. The summed E-state index contributed by atoms with van der Waals surface area (Å²) in [6.45, 7) is 0. The van der Waals surface area contributed by atoms with Crippen molar-refractivity contribution in [2.24, 2.45) is 0 Å². The van der Waals surface area contributed by atoms with E-state index in [2.05, 4.69) is 51.9 Å². The van der Waals surface area contributed by atoms with Crippen LogP contribution in [0.2, 0.25) is 0 Å². The summed E-state index contributed by atoms with van der Waals surface area (Å²) in [6.07, 6.45) is 7.06. The van der Waals surface area contributed by atoms with Gasteiger partial charge in [0, 0.05) is 17.9 Å². The monoisotopic (exact) mass is 211 g/mol. The highest BCUT2D eigenvalue weighted by atomic mass is 15.1. The highest BCUT2D eigenvalue weighted by Crippen LogP contribution is 2.25. The van der Waals surface area contributed by atoms with Crippen LogP contribution in [0.3, 0.4) is 0 Å². The Balaban J connectivity index is 1.73. The third-order valence-electron chi connectivity index (χ3n) is 2.83. The average Bonchev–Trinajstić information content (AvgIpc) is 2.95. The van der Waals surface area contributed by atoms with E-state index in [1.54, 1.807) is 6.20 Å². The van der Waals surface area contributed by atoms with Crippen LogP contribution in [0.25, 0.3) is 6.08 Å². The summed E-state index contributed by atoms with van der Waals surface area (Å²) in [7, 11) is 0. The SMILES string of the molecule is C(=CC1Cc2ccccc2N1)c1ccn[nH]1. The molecule has 2 N–H and O–H groups in total. The van der Waals surface area contributed by atoms with Crippen molar-refractivity contribution in [3.8, 4) is 0 Å². The minimum Gasteiger partial charge on any atom is -0.378 e. The van der Waals surface area contributed by atoms with Gasteiger partial charge in [0.05, 0.1) is 5.69 Å².